The van der Waals surface area contributed by atoms with Crippen LogP contribution >= 0.6 is 11.6 Å². The Balaban J connectivity index is 1.77. The van der Waals surface area contributed by atoms with Gasteiger partial charge in [0.15, 0.2) is 0 Å². The number of nitrogens with one attached hydrogen (secondary N) is 1. The monoisotopic (exact) mass is 427 g/mol. The van der Waals surface area contributed by atoms with Crippen LogP contribution in [0.15, 0.2) is 75.5 Å². The molecule has 9 heteroatoms. The lowest BCUT2D eigenvalue weighted by Crippen LogP contribution is -2.14. The summed E-state index contributed by atoms with van der Waals surface area (Å²) in [5.74, 6) is 0.218. The van der Waals surface area contributed by atoms with E-state index in [0.29, 0.717) is 22.2 Å². The van der Waals surface area contributed by atoms with Gasteiger partial charge < -0.3 is 9.73 Å². The lowest BCUT2D eigenvalue weighted by Gasteiger charge is -2.05. The van der Waals surface area contributed by atoms with Crippen molar-refractivity contribution in [3.63, 3.8) is 0 Å². The molecule has 1 amide bonds. The van der Waals surface area contributed by atoms with Crippen LogP contribution in [0.2, 0.25) is 5.02 Å². The molecule has 0 unspecified atom stereocenters. The fourth-order valence-corrected chi connectivity index (χ4v) is 3.06. The Bertz CT molecular complexity index is 1220. The highest BCUT2D eigenvalue weighted by atomic mass is 35.5. The van der Waals surface area contributed by atoms with E-state index in [4.69, 9.17) is 21.2 Å². The van der Waals surface area contributed by atoms with Gasteiger partial charge in [-0.3, -0.25) is 4.79 Å². The van der Waals surface area contributed by atoms with Gasteiger partial charge in [-0.2, -0.15) is 5.26 Å². The second-order valence-electron chi connectivity index (χ2n) is 5.90. The molecule has 0 aliphatic carbocycles. The van der Waals surface area contributed by atoms with Crippen LogP contribution < -0.4 is 10.5 Å². The van der Waals surface area contributed by atoms with Crippen molar-refractivity contribution in [2.24, 2.45) is 5.14 Å². The number of hydrogen-bond donors (Lipinski definition) is 2. The molecular weight excluding hydrogens is 414 g/mol. The molecule has 0 saturated heterocycles. The fraction of sp³-hybridized carbons (Fsp3) is 0. The summed E-state index contributed by atoms with van der Waals surface area (Å²) in [5, 5.41) is 17.5. The minimum absolute atomic E-state index is 0.0862. The number of hydrogen-bond acceptors (Lipinski definition) is 5. The van der Waals surface area contributed by atoms with Crippen molar-refractivity contribution in [2.45, 2.75) is 4.90 Å². The number of anilines is 1. The zero-order valence-electron chi connectivity index (χ0n) is 14.8. The second kappa shape index (κ2) is 8.32. The second-order valence-corrected chi connectivity index (χ2v) is 7.90. The van der Waals surface area contributed by atoms with E-state index in [1.165, 1.54) is 30.3 Å². The summed E-state index contributed by atoms with van der Waals surface area (Å²) in [6.07, 6.45) is 1.31. The summed E-state index contributed by atoms with van der Waals surface area (Å²) < 4.78 is 28.2. The predicted molar refractivity (Wildman–Crippen MR) is 109 cm³/mol. The number of benzene rings is 2. The zero-order valence-corrected chi connectivity index (χ0v) is 16.4. The minimum atomic E-state index is -3.83. The van der Waals surface area contributed by atoms with Gasteiger partial charge in [-0.05, 0) is 60.7 Å². The van der Waals surface area contributed by atoms with E-state index in [9.17, 15) is 18.5 Å². The van der Waals surface area contributed by atoms with Crippen LogP contribution in [0, 0.1) is 11.3 Å². The Kier molecular flexibility index (Phi) is 5.84. The van der Waals surface area contributed by atoms with E-state index in [1.54, 1.807) is 36.4 Å². The summed E-state index contributed by atoms with van der Waals surface area (Å²) in [6.45, 7) is 0. The fourth-order valence-electron chi connectivity index (χ4n) is 2.42. The maximum absolute atomic E-state index is 12.3. The molecule has 29 heavy (non-hydrogen) atoms. The molecule has 0 bridgehead atoms. The molecule has 0 radical (unpaired) electrons. The van der Waals surface area contributed by atoms with Gasteiger partial charge in [0, 0.05) is 22.3 Å². The first-order valence-corrected chi connectivity index (χ1v) is 10.1. The average molecular weight is 428 g/mol. The van der Waals surface area contributed by atoms with Crippen molar-refractivity contribution < 1.29 is 17.6 Å². The lowest BCUT2D eigenvalue weighted by molar-refractivity contribution is -0.112. The van der Waals surface area contributed by atoms with Crippen molar-refractivity contribution in [3.05, 3.63) is 77.0 Å². The van der Waals surface area contributed by atoms with Crippen LogP contribution in [0.25, 0.3) is 17.4 Å². The van der Waals surface area contributed by atoms with E-state index in [2.05, 4.69) is 5.32 Å². The number of furan rings is 1. The Hall–Kier alpha value is -3.38. The maximum atomic E-state index is 12.3. The van der Waals surface area contributed by atoms with Crippen molar-refractivity contribution >= 4 is 39.3 Å². The maximum Gasteiger partial charge on any atom is 0.266 e. The number of nitriles is 1. The number of primary sulfonamides is 1. The highest BCUT2D eigenvalue weighted by Gasteiger charge is 2.13. The van der Waals surface area contributed by atoms with E-state index < -0.39 is 15.9 Å². The first-order valence-electron chi connectivity index (χ1n) is 8.18. The van der Waals surface area contributed by atoms with Crippen molar-refractivity contribution in [1.29, 1.82) is 5.26 Å². The van der Waals surface area contributed by atoms with Crippen LogP contribution in [0.5, 0.6) is 0 Å². The molecule has 0 aliphatic heterocycles. The normalized spacial score (nSPS) is 11.7. The molecule has 0 aliphatic rings. The van der Waals surface area contributed by atoms with E-state index in [0.717, 1.165) is 5.56 Å². The molecule has 146 valence electrons. The highest BCUT2D eigenvalue weighted by molar-refractivity contribution is 7.89. The molecule has 1 heterocycles. The summed E-state index contributed by atoms with van der Waals surface area (Å²) in [6, 6.07) is 17.5. The number of amides is 1. The van der Waals surface area contributed by atoms with Crippen LogP contribution in [-0.2, 0) is 14.8 Å². The molecular formula is C20H14ClN3O4S. The third-order valence-electron chi connectivity index (χ3n) is 3.85. The molecule has 2 aromatic carbocycles. The van der Waals surface area contributed by atoms with Crippen molar-refractivity contribution in [2.75, 3.05) is 5.32 Å². The quantitative estimate of drug-likeness (QED) is 0.473. The topological polar surface area (TPSA) is 126 Å². The average Bonchev–Trinajstić information content (AvgIpc) is 3.15. The third kappa shape index (κ3) is 5.12. The molecule has 0 atom stereocenters. The van der Waals surface area contributed by atoms with E-state index in [-0.39, 0.29) is 10.5 Å². The number of sulfonamides is 1. The summed E-state index contributed by atoms with van der Waals surface area (Å²) in [4.78, 5) is 12.3. The number of carbonyl (C=O) groups is 1. The van der Waals surface area contributed by atoms with Crippen LogP contribution in [0.4, 0.5) is 5.69 Å². The van der Waals surface area contributed by atoms with Crippen LogP contribution in [0.3, 0.4) is 0 Å². The first-order chi connectivity index (χ1) is 13.8. The lowest BCUT2D eigenvalue weighted by atomic mass is 10.2. The van der Waals surface area contributed by atoms with Crippen LogP contribution in [-0.4, -0.2) is 14.3 Å². The van der Waals surface area contributed by atoms with Crippen molar-refractivity contribution in [1.82, 2.24) is 0 Å². The highest BCUT2D eigenvalue weighted by Crippen LogP contribution is 2.25. The van der Waals surface area contributed by atoms with Gasteiger partial charge in [0.25, 0.3) is 5.91 Å². The molecule has 0 fully saturated rings. The van der Waals surface area contributed by atoms with E-state index >= 15 is 0 Å². The summed E-state index contributed by atoms with van der Waals surface area (Å²) >= 11 is 5.87. The summed E-state index contributed by atoms with van der Waals surface area (Å²) in [7, 11) is -3.83. The van der Waals surface area contributed by atoms with Gasteiger partial charge in [-0.15, -0.1) is 0 Å². The molecule has 0 spiro atoms. The van der Waals surface area contributed by atoms with E-state index in [1.807, 2.05) is 6.07 Å². The Labute approximate surface area is 172 Å². The first kappa shape index (κ1) is 20.4. The standard InChI is InChI=1S/C20H14ClN3O4S/c21-15-3-1-13(2-4-15)19-10-7-17(28-19)11-14(12-22)20(25)24-16-5-8-18(9-6-16)29(23,26)27/h1-11H,(H,24,25)(H2,23,26,27)/b14-11+. The van der Waals surface area contributed by atoms with Gasteiger partial charge in [0.2, 0.25) is 10.0 Å². The third-order valence-corrected chi connectivity index (χ3v) is 5.03. The molecule has 1 aromatic heterocycles. The number of halogens is 1. The van der Waals surface area contributed by atoms with Gasteiger partial charge in [0.05, 0.1) is 4.90 Å². The number of rotatable bonds is 5. The predicted octanol–water partition coefficient (Wildman–Crippen LogP) is 3.79. The largest absolute Gasteiger partial charge is 0.457 e. The zero-order chi connectivity index (χ0) is 21.0. The van der Waals surface area contributed by atoms with Crippen molar-refractivity contribution in [3.8, 4) is 17.4 Å². The molecule has 0 saturated carbocycles. The SMILES string of the molecule is N#C/C(=C\c1ccc(-c2ccc(Cl)cc2)o1)C(=O)Nc1ccc(S(N)(=O)=O)cc1. The van der Waals surface area contributed by atoms with Gasteiger partial charge >= 0.3 is 0 Å². The molecule has 7 nitrogen and oxygen atoms in total. The molecule has 3 rings (SSSR count). The Morgan fingerprint density at radius 3 is 2.31 bits per heavy atom. The van der Waals surface area contributed by atoms with Gasteiger partial charge in [0.1, 0.15) is 23.2 Å². The number of nitrogens with zero attached hydrogens (tertiary/aromatic N) is 1. The molecule has 3 N–H and O–H groups in total. The Morgan fingerprint density at radius 2 is 1.72 bits per heavy atom. The smallest absolute Gasteiger partial charge is 0.266 e. The summed E-state index contributed by atoms with van der Waals surface area (Å²) in [5.41, 5.74) is 0.925. The number of carbonyl (C=O) groups excluding carboxylic acids is 1. The van der Waals surface area contributed by atoms with Gasteiger partial charge in [-0.1, -0.05) is 11.6 Å². The Morgan fingerprint density at radius 1 is 1.07 bits per heavy atom. The number of nitrogens with two attached hydrogens (primary N) is 1. The van der Waals surface area contributed by atoms with Gasteiger partial charge in [-0.25, -0.2) is 13.6 Å². The minimum Gasteiger partial charge on any atom is -0.457 e. The molecule has 3 aromatic rings. The van der Waals surface area contributed by atoms with Crippen LogP contribution in [0.1, 0.15) is 5.76 Å².